The number of nitrogens with one attached hydrogen (secondary N) is 2. The molecule has 2 N–H and O–H groups in total. The molecule has 1 rings (SSSR count). The molecule has 1 atom stereocenters. The van der Waals surface area contributed by atoms with E-state index in [1.165, 1.54) is 11.3 Å². The van der Waals surface area contributed by atoms with Crippen molar-refractivity contribution < 1.29 is 4.74 Å². The van der Waals surface area contributed by atoms with E-state index >= 15 is 0 Å². The van der Waals surface area contributed by atoms with Crippen LogP contribution in [0.4, 0.5) is 0 Å². The highest BCUT2D eigenvalue weighted by molar-refractivity contribution is 7.80. The Morgan fingerprint density at radius 1 is 1.61 bits per heavy atom. The van der Waals surface area contributed by atoms with Crippen LogP contribution in [-0.4, -0.2) is 30.6 Å². The Balaban J connectivity index is 2.46. The van der Waals surface area contributed by atoms with Gasteiger partial charge in [0.2, 0.25) is 0 Å². The van der Waals surface area contributed by atoms with E-state index in [4.69, 9.17) is 28.6 Å². The number of ether oxygens (including phenoxy) is 1. The van der Waals surface area contributed by atoms with Gasteiger partial charge in [-0.2, -0.15) is 5.10 Å². The summed E-state index contributed by atoms with van der Waals surface area (Å²) in [6.07, 6.45) is 0. The number of nitrogens with zero attached hydrogens (tertiary/aromatic N) is 1. The monoisotopic (exact) mass is 305 g/mol. The fourth-order valence-corrected chi connectivity index (χ4v) is 2.48. The predicted octanol–water partition coefficient (Wildman–Crippen LogP) is 2.62. The van der Waals surface area contributed by atoms with Crippen molar-refractivity contribution in [2.24, 2.45) is 5.10 Å². The molecule has 0 saturated heterocycles. The number of halogens is 1. The van der Waals surface area contributed by atoms with Gasteiger partial charge in [-0.15, -0.1) is 11.3 Å². The molecule has 0 aliphatic carbocycles. The SMILES string of the molecule is COC[C@@H](C)NC(=S)N/N=C(/C)c1ccc(Cl)s1. The van der Waals surface area contributed by atoms with Crippen molar-refractivity contribution in [3.05, 3.63) is 21.3 Å². The molecule has 0 aliphatic heterocycles. The van der Waals surface area contributed by atoms with Crippen LogP contribution >= 0.6 is 35.2 Å². The number of methoxy groups -OCH3 is 1. The molecule has 100 valence electrons. The van der Waals surface area contributed by atoms with Crippen LogP contribution in [0.2, 0.25) is 4.34 Å². The van der Waals surface area contributed by atoms with Crippen LogP contribution in [0.25, 0.3) is 0 Å². The molecule has 7 heteroatoms. The molecule has 0 bridgehead atoms. The third-order valence-electron chi connectivity index (χ3n) is 2.05. The average Bonchev–Trinajstić information content (AvgIpc) is 2.73. The zero-order valence-electron chi connectivity index (χ0n) is 10.5. The molecule has 0 fully saturated rings. The minimum Gasteiger partial charge on any atom is -0.383 e. The van der Waals surface area contributed by atoms with Gasteiger partial charge in [0.25, 0.3) is 0 Å². The summed E-state index contributed by atoms with van der Waals surface area (Å²) >= 11 is 12.5. The first kappa shape index (κ1) is 15.4. The highest BCUT2D eigenvalue weighted by atomic mass is 35.5. The minimum absolute atomic E-state index is 0.140. The quantitative estimate of drug-likeness (QED) is 0.499. The van der Waals surface area contributed by atoms with Crippen molar-refractivity contribution in [2.45, 2.75) is 19.9 Å². The highest BCUT2D eigenvalue weighted by Crippen LogP contribution is 2.21. The summed E-state index contributed by atoms with van der Waals surface area (Å²) in [5.74, 6) is 0. The second-order valence-electron chi connectivity index (χ2n) is 3.74. The Morgan fingerprint density at radius 2 is 2.33 bits per heavy atom. The van der Waals surface area contributed by atoms with E-state index in [2.05, 4.69) is 15.8 Å². The molecule has 0 spiro atoms. The van der Waals surface area contributed by atoms with Crippen molar-refractivity contribution in [3.63, 3.8) is 0 Å². The summed E-state index contributed by atoms with van der Waals surface area (Å²) in [5.41, 5.74) is 3.64. The number of hydrogen-bond donors (Lipinski definition) is 2. The molecule has 0 unspecified atom stereocenters. The van der Waals surface area contributed by atoms with Gasteiger partial charge in [-0.3, -0.25) is 5.43 Å². The van der Waals surface area contributed by atoms with E-state index in [0.717, 1.165) is 14.9 Å². The number of thiocarbonyl (C=S) groups is 1. The zero-order chi connectivity index (χ0) is 13.5. The van der Waals surface area contributed by atoms with Crippen molar-refractivity contribution in [2.75, 3.05) is 13.7 Å². The lowest BCUT2D eigenvalue weighted by Gasteiger charge is -2.14. The Labute approximate surface area is 121 Å². The standard InChI is InChI=1S/C11H16ClN3OS2/c1-7(6-16-3)13-11(17)15-14-8(2)9-4-5-10(12)18-9/h4-5,7H,6H2,1-3H3,(H2,13,15,17)/b14-8-/t7-/m1/s1. The van der Waals surface area contributed by atoms with Crippen molar-refractivity contribution in [1.82, 2.24) is 10.7 Å². The topological polar surface area (TPSA) is 45.6 Å². The van der Waals surface area contributed by atoms with Crippen molar-refractivity contribution >= 4 is 46.0 Å². The lowest BCUT2D eigenvalue weighted by Crippen LogP contribution is -2.40. The number of hydrazone groups is 1. The fourth-order valence-electron chi connectivity index (χ4n) is 1.25. The maximum Gasteiger partial charge on any atom is 0.187 e. The molecule has 0 radical (unpaired) electrons. The normalized spacial score (nSPS) is 13.2. The minimum atomic E-state index is 0.140. The van der Waals surface area contributed by atoms with Crippen LogP contribution < -0.4 is 10.7 Å². The first-order valence-electron chi connectivity index (χ1n) is 5.38. The van der Waals surface area contributed by atoms with Crippen LogP contribution in [0.15, 0.2) is 17.2 Å². The third-order valence-corrected chi connectivity index (χ3v) is 3.60. The fraction of sp³-hybridized carbons (Fsp3) is 0.455. The third kappa shape index (κ3) is 5.30. The summed E-state index contributed by atoms with van der Waals surface area (Å²) in [6.45, 7) is 4.47. The largest absolute Gasteiger partial charge is 0.383 e. The van der Waals surface area contributed by atoms with Crippen LogP contribution in [0.5, 0.6) is 0 Å². The average molecular weight is 306 g/mol. The lowest BCUT2D eigenvalue weighted by molar-refractivity contribution is 0.179. The predicted molar refractivity (Wildman–Crippen MR) is 81.7 cm³/mol. The summed E-state index contributed by atoms with van der Waals surface area (Å²) in [7, 11) is 1.65. The van der Waals surface area contributed by atoms with Gasteiger partial charge in [0.05, 0.1) is 21.5 Å². The summed E-state index contributed by atoms with van der Waals surface area (Å²) in [6, 6.07) is 3.91. The number of hydrogen-bond acceptors (Lipinski definition) is 4. The second-order valence-corrected chi connectivity index (χ2v) is 5.87. The number of thiophene rings is 1. The van der Waals surface area contributed by atoms with E-state index < -0.39 is 0 Å². The Bertz CT molecular complexity index is 434. The summed E-state index contributed by atoms with van der Waals surface area (Å²) in [4.78, 5) is 1.01. The van der Waals surface area contributed by atoms with Gasteiger partial charge in [-0.25, -0.2) is 0 Å². The first-order chi connectivity index (χ1) is 8.52. The second kappa shape index (κ2) is 7.68. The molecule has 0 amide bonds. The Kier molecular flexibility index (Phi) is 6.56. The molecular weight excluding hydrogens is 290 g/mol. The maximum absolute atomic E-state index is 5.86. The molecule has 1 aromatic heterocycles. The van der Waals surface area contributed by atoms with E-state index in [9.17, 15) is 0 Å². The van der Waals surface area contributed by atoms with Gasteiger partial charge >= 0.3 is 0 Å². The van der Waals surface area contributed by atoms with Gasteiger partial charge in [0.1, 0.15) is 0 Å². The van der Waals surface area contributed by atoms with E-state index in [1.807, 2.05) is 26.0 Å². The summed E-state index contributed by atoms with van der Waals surface area (Å²) < 4.78 is 5.75. The van der Waals surface area contributed by atoms with Gasteiger partial charge in [0.15, 0.2) is 5.11 Å². The Morgan fingerprint density at radius 3 is 2.89 bits per heavy atom. The van der Waals surface area contributed by atoms with E-state index in [0.29, 0.717) is 11.7 Å². The van der Waals surface area contributed by atoms with Gasteiger partial charge in [0, 0.05) is 13.2 Å². The van der Waals surface area contributed by atoms with Gasteiger partial charge in [-0.1, -0.05) is 11.6 Å². The van der Waals surface area contributed by atoms with Crippen LogP contribution in [-0.2, 0) is 4.74 Å². The zero-order valence-corrected chi connectivity index (χ0v) is 12.9. The van der Waals surface area contributed by atoms with Crippen LogP contribution in [0.1, 0.15) is 18.7 Å². The molecule has 1 aromatic rings. The summed E-state index contributed by atoms with van der Waals surface area (Å²) in [5, 5.41) is 7.73. The highest BCUT2D eigenvalue weighted by Gasteiger charge is 2.04. The molecule has 0 saturated carbocycles. The maximum atomic E-state index is 5.86. The first-order valence-corrected chi connectivity index (χ1v) is 6.98. The molecule has 18 heavy (non-hydrogen) atoms. The number of rotatable bonds is 5. The van der Waals surface area contributed by atoms with Crippen molar-refractivity contribution in [3.8, 4) is 0 Å². The molecule has 1 heterocycles. The van der Waals surface area contributed by atoms with E-state index in [-0.39, 0.29) is 6.04 Å². The lowest BCUT2D eigenvalue weighted by atomic mass is 10.3. The van der Waals surface area contributed by atoms with Gasteiger partial charge in [-0.05, 0) is 38.2 Å². The van der Waals surface area contributed by atoms with Crippen LogP contribution in [0, 0.1) is 0 Å². The van der Waals surface area contributed by atoms with Crippen molar-refractivity contribution in [1.29, 1.82) is 0 Å². The van der Waals surface area contributed by atoms with Gasteiger partial charge < -0.3 is 10.1 Å². The molecule has 4 nitrogen and oxygen atoms in total. The van der Waals surface area contributed by atoms with E-state index in [1.54, 1.807) is 7.11 Å². The Hall–Kier alpha value is -0.690. The smallest absolute Gasteiger partial charge is 0.187 e. The molecule has 0 aromatic carbocycles. The van der Waals surface area contributed by atoms with Crippen LogP contribution in [0.3, 0.4) is 0 Å². The molecule has 0 aliphatic rings. The molecular formula is C11H16ClN3OS2.